The van der Waals surface area contributed by atoms with E-state index in [0.29, 0.717) is 9.26 Å². The first-order chi connectivity index (χ1) is 9.56. The number of nitrogens with one attached hydrogen (secondary N) is 1. The molecular formula is C12H9ClIN3O3-2. The van der Waals surface area contributed by atoms with Gasteiger partial charge in [-0.05, 0) is 0 Å². The summed E-state index contributed by atoms with van der Waals surface area (Å²) >= 11 is 4.71. The fraction of sp³-hybridized carbons (Fsp3) is 0. The number of carbonyl (C=O) groups is 1. The summed E-state index contributed by atoms with van der Waals surface area (Å²) in [6.07, 6.45) is 3.10. The van der Waals surface area contributed by atoms with Crippen molar-refractivity contribution in [3.05, 3.63) is 62.1 Å². The molecule has 2 N–H and O–H groups in total. The average Bonchev–Trinajstić information content (AvgIpc) is 2.41. The zero-order valence-corrected chi connectivity index (χ0v) is 12.9. The van der Waals surface area contributed by atoms with Crippen LogP contribution in [-0.4, -0.2) is 19.5 Å². The molecule has 6 nitrogen and oxygen atoms in total. The number of rotatable bonds is 4. The van der Waals surface area contributed by atoms with E-state index in [9.17, 15) is 10.0 Å². The number of carbonyl (C=O) groups excluding carboxylic acids is 1. The van der Waals surface area contributed by atoms with E-state index < -0.39 is 27.4 Å². The van der Waals surface area contributed by atoms with Gasteiger partial charge in [0.15, 0.2) is 0 Å². The molecular weight excluding hydrogens is 397 g/mol. The third-order valence-electron chi connectivity index (χ3n) is 2.26. The fourth-order valence-electron chi connectivity index (χ4n) is 1.44. The summed E-state index contributed by atoms with van der Waals surface area (Å²) in [5.74, 6) is -0.399. The van der Waals surface area contributed by atoms with Crippen molar-refractivity contribution in [2.45, 2.75) is 0 Å². The van der Waals surface area contributed by atoms with Crippen LogP contribution in [0.3, 0.4) is 0 Å². The third kappa shape index (κ3) is 4.12. The second-order valence-corrected chi connectivity index (χ2v) is 6.59. The molecule has 0 atom stereocenters. The Hall–Kier alpha value is -1.26. The van der Waals surface area contributed by atoms with Crippen molar-refractivity contribution in [1.29, 1.82) is 0 Å². The maximum atomic E-state index is 12.1. The molecule has 1 aromatic heterocycles. The number of halogens is 2. The van der Waals surface area contributed by atoms with Gasteiger partial charge in [-0.25, -0.2) is 0 Å². The number of benzene rings is 1. The van der Waals surface area contributed by atoms with Gasteiger partial charge in [0.05, 0.1) is 0 Å². The van der Waals surface area contributed by atoms with E-state index >= 15 is 0 Å². The molecule has 0 bridgehead atoms. The predicted molar refractivity (Wildman–Crippen MR) is 69.3 cm³/mol. The monoisotopic (exact) mass is 405 g/mol. The van der Waals surface area contributed by atoms with E-state index in [1.54, 1.807) is 24.4 Å². The van der Waals surface area contributed by atoms with Crippen molar-refractivity contribution >= 4 is 23.2 Å². The van der Waals surface area contributed by atoms with Gasteiger partial charge in [-0.1, -0.05) is 0 Å². The Morgan fingerprint density at radius 1 is 1.45 bits per heavy atom. The van der Waals surface area contributed by atoms with Gasteiger partial charge in [-0.3, -0.25) is 0 Å². The van der Waals surface area contributed by atoms with Crippen molar-refractivity contribution in [3.63, 3.8) is 0 Å². The van der Waals surface area contributed by atoms with Crippen molar-refractivity contribution in [3.8, 4) is 0 Å². The first-order valence-electron chi connectivity index (χ1n) is 5.38. The zero-order valence-electron chi connectivity index (χ0n) is 9.96. The van der Waals surface area contributed by atoms with Gasteiger partial charge in [-0.2, -0.15) is 0 Å². The molecule has 0 fully saturated rings. The molecule has 106 valence electrons. The second-order valence-electron chi connectivity index (χ2n) is 3.63. The van der Waals surface area contributed by atoms with E-state index in [0.717, 1.165) is 0 Å². The van der Waals surface area contributed by atoms with Crippen LogP contribution >= 0.6 is 11.6 Å². The summed E-state index contributed by atoms with van der Waals surface area (Å²) in [4.78, 5) is 16.0. The summed E-state index contributed by atoms with van der Waals surface area (Å²) in [7, 11) is 0. The van der Waals surface area contributed by atoms with Crippen LogP contribution in [0.15, 0.2) is 42.7 Å². The van der Waals surface area contributed by atoms with Crippen LogP contribution in [0.25, 0.3) is 0 Å². The number of nitrogens with zero attached hydrogens (tertiary/aromatic N) is 2. The van der Waals surface area contributed by atoms with E-state index in [1.807, 2.05) is 0 Å². The molecule has 0 aliphatic carbocycles. The fourth-order valence-corrected chi connectivity index (χ4v) is 2.91. The van der Waals surface area contributed by atoms with Crippen LogP contribution < -0.4 is 26.8 Å². The Labute approximate surface area is 130 Å². The van der Waals surface area contributed by atoms with Crippen LogP contribution in [-0.2, 0) is 0 Å². The quantitative estimate of drug-likeness (QED) is 0.401. The van der Waals surface area contributed by atoms with Crippen molar-refractivity contribution in [1.82, 2.24) is 8.42 Å². The summed E-state index contributed by atoms with van der Waals surface area (Å²) in [5, 5.41) is 22.3. The molecule has 1 heterocycles. The Morgan fingerprint density at radius 3 is 2.90 bits per heavy atom. The van der Waals surface area contributed by atoms with E-state index in [2.05, 4.69) is 10.3 Å². The van der Waals surface area contributed by atoms with Gasteiger partial charge in [-0.15, -0.1) is 0 Å². The van der Waals surface area contributed by atoms with E-state index in [1.165, 1.54) is 18.3 Å². The van der Waals surface area contributed by atoms with Crippen LogP contribution in [0.2, 0.25) is 5.02 Å². The molecule has 0 saturated carbocycles. The Bertz CT molecular complexity index is 610. The number of hydrogen-bond donors (Lipinski definition) is 2. The first kappa shape index (κ1) is 15.1. The third-order valence-corrected chi connectivity index (χ3v) is 4.23. The molecule has 1 amide bonds. The van der Waals surface area contributed by atoms with Crippen molar-refractivity contribution in [2.24, 2.45) is 0 Å². The molecule has 1 aromatic carbocycles. The molecule has 8 heteroatoms. The van der Waals surface area contributed by atoms with Gasteiger partial charge in [0.25, 0.3) is 0 Å². The standard InChI is InChI=1S/C12H9ClIN3O3/c13-11-4-3-8(14-17(19)20)6-10(11)12(18)16-9-2-1-5-15-7-9/h1-7,19H,(H,16,18)/q-2. The molecule has 20 heavy (non-hydrogen) atoms. The maximum absolute atomic E-state index is 12.1. The van der Waals surface area contributed by atoms with Crippen molar-refractivity contribution < 1.29 is 31.5 Å². The normalized spacial score (nSPS) is 10.8. The number of hydrogen-bond acceptors (Lipinski definition) is 5. The minimum atomic E-state index is -1.27. The summed E-state index contributed by atoms with van der Waals surface area (Å²) in [6.45, 7) is 0. The van der Waals surface area contributed by atoms with E-state index in [-0.39, 0.29) is 14.0 Å². The predicted octanol–water partition coefficient (Wildman–Crippen LogP) is -0.650. The van der Waals surface area contributed by atoms with Crippen LogP contribution in [0.4, 0.5) is 5.69 Å². The molecule has 0 spiro atoms. The minimum absolute atomic E-state index is 0.106. The second kappa shape index (κ2) is 6.95. The van der Waals surface area contributed by atoms with Crippen LogP contribution in [0.5, 0.6) is 0 Å². The number of pyridine rings is 1. The van der Waals surface area contributed by atoms with Gasteiger partial charge in [0, 0.05) is 0 Å². The molecule has 2 rings (SSSR count). The zero-order chi connectivity index (χ0) is 14.5. The SMILES string of the molecule is O=C(Nc1cccnc1)c1cc([I-]N([O-])O)ccc1Cl. The Morgan fingerprint density at radius 2 is 2.25 bits per heavy atom. The van der Waals surface area contributed by atoms with Gasteiger partial charge in [0.1, 0.15) is 0 Å². The Balaban J connectivity index is 2.20. The molecule has 2 aromatic rings. The topological polar surface area (TPSA) is 88.5 Å². The molecule has 0 unspecified atom stereocenters. The Kier molecular flexibility index (Phi) is 5.26. The first-order valence-corrected chi connectivity index (χ1v) is 7.80. The summed E-state index contributed by atoms with van der Waals surface area (Å²) < 4.78 is 0.479. The summed E-state index contributed by atoms with van der Waals surface area (Å²) in [5.41, 5.74) is 0.788. The molecule has 0 aliphatic heterocycles. The number of anilines is 1. The number of aromatic nitrogens is 1. The van der Waals surface area contributed by atoms with Crippen molar-refractivity contribution in [2.75, 3.05) is 5.32 Å². The summed E-state index contributed by atoms with van der Waals surface area (Å²) in [6, 6.07) is 8.03. The van der Waals surface area contributed by atoms with Gasteiger partial charge >= 0.3 is 131 Å². The van der Waals surface area contributed by atoms with E-state index in [4.69, 9.17) is 16.8 Å². The van der Waals surface area contributed by atoms with Gasteiger partial charge < -0.3 is 0 Å². The number of amides is 1. The molecule has 0 saturated heterocycles. The molecule has 0 radical (unpaired) electrons. The average molecular weight is 406 g/mol. The molecule has 0 aliphatic rings. The van der Waals surface area contributed by atoms with Crippen LogP contribution in [0, 0.1) is 8.78 Å². The van der Waals surface area contributed by atoms with Gasteiger partial charge in [0.2, 0.25) is 0 Å². The van der Waals surface area contributed by atoms with Crippen LogP contribution in [0.1, 0.15) is 10.4 Å².